The smallest absolute Gasteiger partial charge is 0.408 e. The summed E-state index contributed by atoms with van der Waals surface area (Å²) in [7, 11) is 1.35. The standard InChI is InChI=1S/C26H24N2O4/c1-31-25(29)23-20-14-8-9-15-21(20)27-24(23)22(16-18-10-4-2-5-11-18)28-26(30)32-17-19-12-6-3-7-13-19/h2-15,22,27H,16-17H2,1H3,(H,28,30)/t22-/m0/s1. The summed E-state index contributed by atoms with van der Waals surface area (Å²) in [5, 5.41) is 3.67. The molecule has 162 valence electrons. The highest BCUT2D eigenvalue weighted by molar-refractivity contribution is 6.05. The van der Waals surface area contributed by atoms with Gasteiger partial charge in [-0.1, -0.05) is 78.9 Å². The van der Waals surface area contributed by atoms with E-state index in [1.54, 1.807) is 0 Å². The van der Waals surface area contributed by atoms with Crippen LogP contribution in [0.2, 0.25) is 0 Å². The molecule has 6 nitrogen and oxygen atoms in total. The van der Waals surface area contributed by atoms with Crippen LogP contribution >= 0.6 is 0 Å². The first-order valence-electron chi connectivity index (χ1n) is 10.4. The molecule has 0 spiro atoms. The van der Waals surface area contributed by atoms with Crippen molar-refractivity contribution in [1.82, 2.24) is 10.3 Å². The van der Waals surface area contributed by atoms with Gasteiger partial charge in [0, 0.05) is 10.9 Å². The third kappa shape index (κ3) is 4.81. The molecule has 1 amide bonds. The number of aromatic amines is 1. The number of benzene rings is 3. The van der Waals surface area contributed by atoms with Crippen LogP contribution in [0.25, 0.3) is 10.9 Å². The zero-order valence-corrected chi connectivity index (χ0v) is 17.7. The minimum absolute atomic E-state index is 0.154. The highest BCUT2D eigenvalue weighted by Crippen LogP contribution is 2.29. The van der Waals surface area contributed by atoms with Gasteiger partial charge in [0.1, 0.15) is 6.61 Å². The van der Waals surface area contributed by atoms with Gasteiger partial charge in [0.25, 0.3) is 0 Å². The Kier molecular flexibility index (Phi) is 6.51. The van der Waals surface area contributed by atoms with Gasteiger partial charge < -0.3 is 19.8 Å². The van der Waals surface area contributed by atoms with E-state index in [1.165, 1.54) is 7.11 Å². The maximum Gasteiger partial charge on any atom is 0.408 e. The van der Waals surface area contributed by atoms with Crippen LogP contribution in [-0.4, -0.2) is 24.2 Å². The lowest BCUT2D eigenvalue weighted by Crippen LogP contribution is -2.31. The quantitative estimate of drug-likeness (QED) is 0.398. The number of aromatic nitrogens is 1. The first kappa shape index (κ1) is 21.2. The maximum absolute atomic E-state index is 12.7. The molecule has 0 aliphatic carbocycles. The van der Waals surface area contributed by atoms with E-state index in [-0.39, 0.29) is 6.61 Å². The Morgan fingerprint density at radius 2 is 1.50 bits per heavy atom. The SMILES string of the molecule is COC(=O)c1c([C@H](Cc2ccccc2)NC(=O)OCc2ccccc2)[nH]c2ccccc12. The largest absolute Gasteiger partial charge is 0.465 e. The number of esters is 1. The molecule has 1 heterocycles. The predicted octanol–water partition coefficient (Wildman–Crippen LogP) is 5.16. The van der Waals surface area contributed by atoms with Crippen molar-refractivity contribution in [1.29, 1.82) is 0 Å². The van der Waals surface area contributed by atoms with Crippen molar-refractivity contribution in [3.05, 3.63) is 107 Å². The number of H-pyrrole nitrogens is 1. The summed E-state index contributed by atoms with van der Waals surface area (Å²) >= 11 is 0. The monoisotopic (exact) mass is 428 g/mol. The molecule has 0 aliphatic heterocycles. The van der Waals surface area contributed by atoms with Gasteiger partial charge >= 0.3 is 12.1 Å². The second kappa shape index (κ2) is 9.83. The molecule has 0 unspecified atom stereocenters. The molecule has 1 atom stereocenters. The number of ether oxygens (including phenoxy) is 2. The molecule has 0 aliphatic rings. The Balaban J connectivity index is 1.65. The Morgan fingerprint density at radius 1 is 0.875 bits per heavy atom. The Hall–Kier alpha value is -4.06. The number of alkyl carbamates (subject to hydrolysis) is 1. The molecule has 0 bridgehead atoms. The van der Waals surface area contributed by atoms with Gasteiger partial charge in [-0.3, -0.25) is 0 Å². The molecule has 32 heavy (non-hydrogen) atoms. The van der Waals surface area contributed by atoms with Crippen LogP contribution in [0.15, 0.2) is 84.9 Å². The van der Waals surface area contributed by atoms with Crippen molar-refractivity contribution in [3.8, 4) is 0 Å². The van der Waals surface area contributed by atoms with E-state index in [0.717, 1.165) is 22.0 Å². The zero-order valence-electron chi connectivity index (χ0n) is 17.7. The molecule has 0 saturated heterocycles. The molecule has 3 aromatic carbocycles. The van der Waals surface area contributed by atoms with E-state index >= 15 is 0 Å². The molecule has 0 fully saturated rings. The topological polar surface area (TPSA) is 80.4 Å². The molecule has 6 heteroatoms. The summed E-state index contributed by atoms with van der Waals surface area (Å²) in [5.74, 6) is -0.463. The molecular weight excluding hydrogens is 404 g/mol. The van der Waals surface area contributed by atoms with E-state index in [1.807, 2.05) is 84.9 Å². The van der Waals surface area contributed by atoms with E-state index in [2.05, 4.69) is 10.3 Å². The van der Waals surface area contributed by atoms with Gasteiger partial charge in [-0.05, 0) is 23.6 Å². The van der Waals surface area contributed by atoms with E-state index < -0.39 is 18.1 Å². The average Bonchev–Trinajstić information content (AvgIpc) is 3.23. The number of carbonyl (C=O) groups is 2. The number of methoxy groups -OCH3 is 1. The Morgan fingerprint density at radius 3 is 2.19 bits per heavy atom. The van der Waals surface area contributed by atoms with Crippen LogP contribution in [0.1, 0.15) is 33.2 Å². The number of rotatable bonds is 7. The highest BCUT2D eigenvalue weighted by Gasteiger charge is 2.27. The lowest BCUT2D eigenvalue weighted by Gasteiger charge is -2.19. The van der Waals surface area contributed by atoms with Gasteiger partial charge in [-0.2, -0.15) is 0 Å². The first-order chi connectivity index (χ1) is 15.7. The molecule has 4 aromatic rings. The van der Waals surface area contributed by atoms with Crippen molar-refractivity contribution in [2.24, 2.45) is 0 Å². The van der Waals surface area contributed by atoms with Gasteiger partial charge in [0.05, 0.1) is 24.4 Å². The predicted molar refractivity (Wildman–Crippen MR) is 122 cm³/mol. The average molecular weight is 428 g/mol. The van der Waals surface area contributed by atoms with Crippen LogP contribution in [-0.2, 0) is 22.5 Å². The summed E-state index contributed by atoms with van der Waals surface area (Å²) in [6.45, 7) is 0.154. The molecule has 0 saturated carbocycles. The highest BCUT2D eigenvalue weighted by atomic mass is 16.5. The van der Waals surface area contributed by atoms with Crippen LogP contribution in [0.4, 0.5) is 4.79 Å². The van der Waals surface area contributed by atoms with Gasteiger partial charge in [-0.25, -0.2) is 9.59 Å². The van der Waals surface area contributed by atoms with Crippen molar-refractivity contribution < 1.29 is 19.1 Å². The minimum atomic E-state index is -0.566. The number of nitrogens with one attached hydrogen (secondary N) is 2. The zero-order chi connectivity index (χ0) is 22.3. The second-order valence-corrected chi connectivity index (χ2v) is 7.40. The number of hydrogen-bond acceptors (Lipinski definition) is 4. The molecule has 4 rings (SSSR count). The van der Waals surface area contributed by atoms with Crippen molar-refractivity contribution in [3.63, 3.8) is 0 Å². The van der Waals surface area contributed by atoms with Crippen LogP contribution in [0, 0.1) is 0 Å². The summed E-state index contributed by atoms with van der Waals surface area (Å²) in [6.07, 6.45) is -0.0952. The third-order valence-electron chi connectivity index (χ3n) is 5.26. The van der Waals surface area contributed by atoms with Crippen LogP contribution in [0.5, 0.6) is 0 Å². The van der Waals surface area contributed by atoms with E-state index in [0.29, 0.717) is 17.7 Å². The molecule has 2 N–H and O–H groups in total. The fraction of sp³-hybridized carbons (Fsp3) is 0.154. The Bertz CT molecular complexity index is 1200. The van der Waals surface area contributed by atoms with Crippen molar-refractivity contribution >= 4 is 23.0 Å². The lowest BCUT2D eigenvalue weighted by molar-refractivity contribution is 0.0600. The maximum atomic E-state index is 12.7. The molecular formula is C26H24N2O4. The number of carbonyl (C=O) groups excluding carboxylic acids is 2. The van der Waals surface area contributed by atoms with Gasteiger partial charge in [-0.15, -0.1) is 0 Å². The summed E-state index contributed by atoms with van der Waals surface area (Å²) < 4.78 is 10.5. The summed E-state index contributed by atoms with van der Waals surface area (Å²) in [4.78, 5) is 28.7. The lowest BCUT2D eigenvalue weighted by atomic mass is 9.99. The van der Waals surface area contributed by atoms with Crippen molar-refractivity contribution in [2.75, 3.05) is 7.11 Å². The van der Waals surface area contributed by atoms with E-state index in [9.17, 15) is 9.59 Å². The first-order valence-corrected chi connectivity index (χ1v) is 10.4. The Labute approximate surface area is 186 Å². The number of para-hydroxylation sites is 1. The normalized spacial score (nSPS) is 11.7. The third-order valence-corrected chi connectivity index (χ3v) is 5.26. The van der Waals surface area contributed by atoms with Crippen LogP contribution < -0.4 is 5.32 Å². The van der Waals surface area contributed by atoms with Gasteiger partial charge in [0.2, 0.25) is 0 Å². The second-order valence-electron chi connectivity index (χ2n) is 7.40. The molecule has 0 radical (unpaired) electrons. The number of hydrogen-bond donors (Lipinski definition) is 2. The minimum Gasteiger partial charge on any atom is -0.465 e. The number of fused-ring (bicyclic) bond motifs is 1. The summed E-state index contributed by atoms with van der Waals surface area (Å²) in [6, 6.07) is 26.2. The van der Waals surface area contributed by atoms with E-state index in [4.69, 9.17) is 9.47 Å². The fourth-order valence-corrected chi connectivity index (χ4v) is 3.73. The van der Waals surface area contributed by atoms with Crippen molar-refractivity contribution in [2.45, 2.75) is 19.1 Å². The number of amides is 1. The fourth-order valence-electron chi connectivity index (χ4n) is 3.73. The summed E-state index contributed by atoms with van der Waals surface area (Å²) in [5.41, 5.74) is 3.69. The molecule has 1 aromatic heterocycles. The van der Waals surface area contributed by atoms with Crippen LogP contribution in [0.3, 0.4) is 0 Å². The van der Waals surface area contributed by atoms with Gasteiger partial charge in [0.15, 0.2) is 0 Å².